The molecule has 1 atom stereocenters. The van der Waals surface area contributed by atoms with E-state index in [2.05, 4.69) is 11.9 Å². The lowest BCUT2D eigenvalue weighted by Crippen LogP contribution is -2.36. The number of nitrogens with zero attached hydrogens (tertiary/aromatic N) is 1. The molecule has 1 aromatic rings. The summed E-state index contributed by atoms with van der Waals surface area (Å²) in [6.07, 6.45) is 0. The van der Waals surface area contributed by atoms with E-state index in [4.69, 9.17) is 4.74 Å². The van der Waals surface area contributed by atoms with Gasteiger partial charge in [-0.1, -0.05) is 12.1 Å². The van der Waals surface area contributed by atoms with Gasteiger partial charge in [-0.05, 0) is 24.7 Å². The zero-order valence-corrected chi connectivity index (χ0v) is 9.47. The Balaban J connectivity index is 0.00000112. The highest BCUT2D eigenvalue weighted by atomic mass is 35.5. The number of hydrogen-bond acceptors (Lipinski definition) is 2. The summed E-state index contributed by atoms with van der Waals surface area (Å²) >= 11 is 0. The molecule has 0 amide bonds. The summed E-state index contributed by atoms with van der Waals surface area (Å²) in [6, 6.07) is 6.91. The average molecular weight is 232 g/mol. The molecule has 1 fully saturated rings. The molecule has 0 bridgehead atoms. The largest absolute Gasteiger partial charge is 0.378 e. The molecule has 0 aromatic heterocycles. The van der Waals surface area contributed by atoms with Gasteiger partial charge in [0.1, 0.15) is 5.82 Å². The highest BCUT2D eigenvalue weighted by molar-refractivity contribution is 5.85. The minimum Gasteiger partial charge on any atom is -0.378 e. The molecule has 1 aliphatic rings. The molecule has 84 valence electrons. The van der Waals surface area contributed by atoms with E-state index in [9.17, 15) is 4.39 Å². The van der Waals surface area contributed by atoms with Gasteiger partial charge in [-0.15, -0.1) is 12.4 Å². The highest BCUT2D eigenvalue weighted by Gasteiger charge is 2.20. The van der Waals surface area contributed by atoms with Crippen LogP contribution < -0.4 is 0 Å². The van der Waals surface area contributed by atoms with E-state index >= 15 is 0 Å². The first-order chi connectivity index (χ1) is 6.77. The monoisotopic (exact) mass is 231 g/mol. The Morgan fingerprint density at radius 1 is 1.33 bits per heavy atom. The van der Waals surface area contributed by atoms with Gasteiger partial charge in [0.2, 0.25) is 0 Å². The van der Waals surface area contributed by atoms with Crippen LogP contribution in [0.15, 0.2) is 24.3 Å². The van der Waals surface area contributed by atoms with Crippen molar-refractivity contribution < 1.29 is 9.13 Å². The third-order valence-corrected chi connectivity index (χ3v) is 2.65. The number of ether oxygens (including phenoxy) is 1. The molecular weight excluding hydrogens is 217 g/mol. The standard InChI is InChI=1S/C11H14FNO.ClH/c1-13-6-7-14-8-11(13)9-2-4-10(12)5-3-9;/h2-5,11H,6-8H2,1H3;1H/t11-;/m1./s1. The molecular formula is C11H15ClFNO. The fourth-order valence-corrected chi connectivity index (χ4v) is 1.72. The van der Waals surface area contributed by atoms with Crippen molar-refractivity contribution >= 4 is 12.4 Å². The molecule has 4 heteroatoms. The minimum absolute atomic E-state index is 0. The molecule has 0 aliphatic carbocycles. The van der Waals surface area contributed by atoms with Crippen LogP contribution in [0.2, 0.25) is 0 Å². The second-order valence-corrected chi connectivity index (χ2v) is 3.62. The van der Waals surface area contributed by atoms with Gasteiger partial charge in [-0.25, -0.2) is 4.39 Å². The summed E-state index contributed by atoms with van der Waals surface area (Å²) in [4.78, 5) is 2.23. The first-order valence-electron chi connectivity index (χ1n) is 4.81. The highest BCUT2D eigenvalue weighted by Crippen LogP contribution is 2.22. The smallest absolute Gasteiger partial charge is 0.123 e. The number of morpholine rings is 1. The van der Waals surface area contributed by atoms with Gasteiger partial charge < -0.3 is 4.74 Å². The van der Waals surface area contributed by atoms with Gasteiger partial charge in [0.05, 0.1) is 19.3 Å². The molecule has 1 saturated heterocycles. The molecule has 0 unspecified atom stereocenters. The van der Waals surface area contributed by atoms with Crippen LogP contribution in [-0.4, -0.2) is 31.7 Å². The van der Waals surface area contributed by atoms with Crippen LogP contribution >= 0.6 is 12.4 Å². The molecule has 2 rings (SSSR count). The number of hydrogen-bond donors (Lipinski definition) is 0. The summed E-state index contributed by atoms with van der Waals surface area (Å²) in [5.74, 6) is -0.187. The summed E-state index contributed by atoms with van der Waals surface area (Å²) in [6.45, 7) is 2.42. The van der Waals surface area contributed by atoms with E-state index in [0.29, 0.717) is 6.61 Å². The van der Waals surface area contributed by atoms with Crippen molar-refractivity contribution in [3.63, 3.8) is 0 Å². The van der Waals surface area contributed by atoms with Crippen LogP contribution in [0.5, 0.6) is 0 Å². The third kappa shape index (κ3) is 2.91. The second kappa shape index (κ2) is 5.45. The minimum atomic E-state index is -0.187. The van der Waals surface area contributed by atoms with Crippen molar-refractivity contribution in [3.05, 3.63) is 35.6 Å². The molecule has 2 nitrogen and oxygen atoms in total. The van der Waals surface area contributed by atoms with Crippen molar-refractivity contribution in [2.75, 3.05) is 26.8 Å². The Hall–Kier alpha value is -0.640. The van der Waals surface area contributed by atoms with Gasteiger partial charge >= 0.3 is 0 Å². The number of halogens is 2. The lowest BCUT2D eigenvalue weighted by Gasteiger charge is -2.32. The van der Waals surface area contributed by atoms with Crippen molar-refractivity contribution in [1.29, 1.82) is 0 Å². The SMILES string of the molecule is CN1CCOC[C@@H]1c1ccc(F)cc1.Cl. The van der Waals surface area contributed by atoms with Crippen LogP contribution in [0, 0.1) is 5.82 Å². The van der Waals surface area contributed by atoms with Gasteiger partial charge in [-0.3, -0.25) is 4.90 Å². The van der Waals surface area contributed by atoms with E-state index in [1.807, 2.05) is 12.1 Å². The molecule has 0 N–H and O–H groups in total. The van der Waals surface area contributed by atoms with Crippen molar-refractivity contribution in [3.8, 4) is 0 Å². The fraction of sp³-hybridized carbons (Fsp3) is 0.455. The molecule has 0 radical (unpaired) electrons. The number of likely N-dealkylation sites (N-methyl/N-ethyl adjacent to an activating group) is 1. The van der Waals surface area contributed by atoms with Gasteiger partial charge in [0.25, 0.3) is 0 Å². The summed E-state index contributed by atoms with van der Waals surface area (Å²) < 4.78 is 18.1. The second-order valence-electron chi connectivity index (χ2n) is 3.62. The van der Waals surface area contributed by atoms with Crippen LogP contribution in [0.1, 0.15) is 11.6 Å². The summed E-state index contributed by atoms with van der Waals surface area (Å²) in [5.41, 5.74) is 1.12. The normalized spacial score (nSPS) is 22.1. The quantitative estimate of drug-likeness (QED) is 0.735. The topological polar surface area (TPSA) is 12.5 Å². The molecule has 0 spiro atoms. The molecule has 15 heavy (non-hydrogen) atoms. The van der Waals surface area contributed by atoms with E-state index in [-0.39, 0.29) is 24.3 Å². The zero-order valence-electron chi connectivity index (χ0n) is 8.65. The molecule has 1 heterocycles. The van der Waals surface area contributed by atoms with Crippen LogP contribution in [0.25, 0.3) is 0 Å². The first-order valence-corrected chi connectivity index (χ1v) is 4.81. The number of rotatable bonds is 1. The first kappa shape index (κ1) is 12.4. The Labute approximate surface area is 95.4 Å². The predicted octanol–water partition coefficient (Wildman–Crippen LogP) is 2.25. The van der Waals surface area contributed by atoms with Crippen molar-refractivity contribution in [1.82, 2.24) is 4.90 Å². The Morgan fingerprint density at radius 3 is 2.60 bits per heavy atom. The van der Waals surface area contributed by atoms with E-state index in [0.717, 1.165) is 18.7 Å². The van der Waals surface area contributed by atoms with Gasteiger partial charge in [-0.2, -0.15) is 0 Å². The molecule has 1 aromatic carbocycles. The van der Waals surface area contributed by atoms with Crippen LogP contribution in [0.3, 0.4) is 0 Å². The van der Waals surface area contributed by atoms with Crippen LogP contribution in [-0.2, 0) is 4.74 Å². The Bertz CT molecular complexity index is 304. The predicted molar refractivity (Wildman–Crippen MR) is 59.8 cm³/mol. The summed E-state index contributed by atoms with van der Waals surface area (Å²) in [7, 11) is 2.07. The van der Waals surface area contributed by atoms with Crippen molar-refractivity contribution in [2.24, 2.45) is 0 Å². The van der Waals surface area contributed by atoms with E-state index in [1.54, 1.807) is 0 Å². The van der Waals surface area contributed by atoms with E-state index < -0.39 is 0 Å². The summed E-state index contributed by atoms with van der Waals surface area (Å²) in [5, 5.41) is 0. The molecule has 1 aliphatic heterocycles. The van der Waals surface area contributed by atoms with Crippen molar-refractivity contribution in [2.45, 2.75) is 6.04 Å². The maximum Gasteiger partial charge on any atom is 0.123 e. The molecule has 0 saturated carbocycles. The fourth-order valence-electron chi connectivity index (χ4n) is 1.72. The maximum absolute atomic E-state index is 12.7. The maximum atomic E-state index is 12.7. The zero-order chi connectivity index (χ0) is 9.97. The number of benzene rings is 1. The van der Waals surface area contributed by atoms with Crippen LogP contribution in [0.4, 0.5) is 4.39 Å². The Morgan fingerprint density at radius 2 is 2.00 bits per heavy atom. The van der Waals surface area contributed by atoms with E-state index in [1.165, 1.54) is 12.1 Å². The average Bonchev–Trinajstić information content (AvgIpc) is 2.20. The Kier molecular flexibility index (Phi) is 4.51. The third-order valence-electron chi connectivity index (χ3n) is 2.65. The lowest BCUT2D eigenvalue weighted by molar-refractivity contribution is 0.00503. The van der Waals surface area contributed by atoms with Gasteiger partial charge in [0.15, 0.2) is 0 Å². The van der Waals surface area contributed by atoms with Gasteiger partial charge in [0, 0.05) is 6.54 Å². The lowest BCUT2D eigenvalue weighted by atomic mass is 10.1.